The smallest absolute Gasteiger partial charge is 0.297 e. The van der Waals surface area contributed by atoms with E-state index in [1.165, 1.54) is 11.7 Å². The number of hydrogen-bond acceptors (Lipinski definition) is 7. The second-order valence-corrected chi connectivity index (χ2v) is 17.4. The van der Waals surface area contributed by atoms with Gasteiger partial charge in [-0.3, -0.25) is 19.0 Å². The van der Waals surface area contributed by atoms with Crippen LogP contribution in [-0.4, -0.2) is 65.9 Å². The average molecular weight is 682 g/mol. The molecule has 2 amide bonds. The predicted molar refractivity (Wildman–Crippen MR) is 189 cm³/mol. The zero-order valence-electron chi connectivity index (χ0n) is 28.3. The Balaban J connectivity index is 1.44. The van der Waals surface area contributed by atoms with Gasteiger partial charge in [0, 0.05) is 42.0 Å². The first-order valence-corrected chi connectivity index (χ1v) is 19.6. The van der Waals surface area contributed by atoms with Gasteiger partial charge in [0.05, 0.1) is 38.5 Å². The Kier molecular flexibility index (Phi) is 9.63. The molecule has 1 spiro atoms. The van der Waals surface area contributed by atoms with Crippen molar-refractivity contribution in [3.63, 3.8) is 0 Å². The highest BCUT2D eigenvalue weighted by atomic mass is 28.4. The number of rotatable bonds is 11. The molecule has 10 nitrogen and oxygen atoms in total. The van der Waals surface area contributed by atoms with Gasteiger partial charge in [-0.1, -0.05) is 67.6 Å². The molecule has 1 fully saturated rings. The SMILES string of the molecule is COc1cccn(-c2ccc3c(c2)[C@]2(O[C@@H](CC(=O)N(CCO)Cc4ccccc4)[C@H]([Si](C)(C)O)[C@H]2C)C(=O)N3Cc2ccccc2)c1=O. The minimum atomic E-state index is -3.07. The first-order valence-electron chi connectivity index (χ1n) is 16.6. The van der Waals surface area contributed by atoms with Crippen LogP contribution in [0.1, 0.15) is 30.0 Å². The Labute approximate surface area is 287 Å². The van der Waals surface area contributed by atoms with Crippen molar-refractivity contribution in [2.75, 3.05) is 25.2 Å². The first kappa shape index (κ1) is 34.3. The van der Waals surface area contributed by atoms with E-state index < -0.39 is 31.5 Å². The molecule has 2 N–H and O–H groups in total. The van der Waals surface area contributed by atoms with Gasteiger partial charge < -0.3 is 29.2 Å². The third-order valence-electron chi connectivity index (χ3n) is 9.88. The highest BCUT2D eigenvalue weighted by Gasteiger charge is 2.66. The van der Waals surface area contributed by atoms with Crippen LogP contribution in [0.5, 0.6) is 5.75 Å². The highest BCUT2D eigenvalue weighted by Crippen LogP contribution is 2.60. The molecule has 256 valence electrons. The Bertz CT molecular complexity index is 1880. The molecular formula is C38H43N3O7Si. The van der Waals surface area contributed by atoms with Crippen LogP contribution in [-0.2, 0) is 33.0 Å². The maximum absolute atomic E-state index is 14.9. The molecule has 1 aromatic heterocycles. The lowest BCUT2D eigenvalue weighted by molar-refractivity contribution is -0.150. The Hall–Kier alpha value is -4.55. The number of aliphatic hydroxyl groups excluding tert-OH is 1. The second kappa shape index (κ2) is 13.8. The standard InChI is InChI=1S/C38H43N3O7Si/c1-26-35(49(3,4)46)33(23-34(43)39(20-21-42)24-27-12-7-5-8-13-27)48-38(26)30-22-29(40-19-11-16-32(47-2)36(40)44)17-18-31(30)41(37(38)45)25-28-14-9-6-10-15-28/h5-19,22,26,33,35,42,46H,20-21,23-25H2,1-4H3/t26-,33+,35-,38+/m1/s1. The average Bonchev–Trinajstić information content (AvgIpc) is 3.51. The lowest BCUT2D eigenvalue weighted by Gasteiger charge is -2.32. The summed E-state index contributed by atoms with van der Waals surface area (Å²) in [4.78, 5) is 57.2. The minimum absolute atomic E-state index is 0.0725. The molecule has 1 saturated heterocycles. The van der Waals surface area contributed by atoms with Crippen molar-refractivity contribution in [3.05, 3.63) is 124 Å². The van der Waals surface area contributed by atoms with E-state index in [9.17, 15) is 24.3 Å². The lowest BCUT2D eigenvalue weighted by Crippen LogP contribution is -2.46. The summed E-state index contributed by atoms with van der Waals surface area (Å²) < 4.78 is 13.7. The summed E-state index contributed by atoms with van der Waals surface area (Å²) in [5.74, 6) is -0.844. The fourth-order valence-corrected chi connectivity index (χ4v) is 10.2. The monoisotopic (exact) mass is 681 g/mol. The lowest BCUT2D eigenvalue weighted by atomic mass is 9.82. The third-order valence-corrected chi connectivity index (χ3v) is 12.4. The normalized spacial score (nSPS) is 21.6. The van der Waals surface area contributed by atoms with Crippen LogP contribution in [0.4, 0.5) is 5.69 Å². The van der Waals surface area contributed by atoms with E-state index in [2.05, 4.69) is 0 Å². The highest BCUT2D eigenvalue weighted by molar-refractivity contribution is 6.71. The summed E-state index contributed by atoms with van der Waals surface area (Å²) in [5, 5.41) is 9.84. The number of nitrogens with zero attached hydrogens (tertiary/aromatic N) is 3. The van der Waals surface area contributed by atoms with E-state index in [0.29, 0.717) is 30.0 Å². The van der Waals surface area contributed by atoms with Crippen LogP contribution in [0.2, 0.25) is 18.6 Å². The molecule has 0 radical (unpaired) electrons. The van der Waals surface area contributed by atoms with Gasteiger partial charge in [-0.05, 0) is 54.6 Å². The van der Waals surface area contributed by atoms with Crippen molar-refractivity contribution in [1.82, 2.24) is 9.47 Å². The maximum Gasteiger partial charge on any atom is 0.297 e. The second-order valence-electron chi connectivity index (χ2n) is 13.4. The molecule has 2 aliphatic heterocycles. The number of aliphatic hydroxyl groups is 1. The number of carbonyl (C=O) groups is 2. The number of fused-ring (bicyclic) bond motifs is 2. The van der Waals surface area contributed by atoms with Crippen molar-refractivity contribution in [2.45, 2.75) is 56.8 Å². The van der Waals surface area contributed by atoms with Gasteiger partial charge in [0.25, 0.3) is 11.5 Å². The fraction of sp³-hybridized carbons (Fsp3) is 0.342. The van der Waals surface area contributed by atoms with E-state index >= 15 is 0 Å². The number of benzene rings is 3. The van der Waals surface area contributed by atoms with Crippen LogP contribution < -0.4 is 15.2 Å². The molecule has 3 aromatic carbocycles. The summed E-state index contributed by atoms with van der Waals surface area (Å²) >= 11 is 0. The molecule has 0 bridgehead atoms. The number of methoxy groups -OCH3 is 1. The summed E-state index contributed by atoms with van der Waals surface area (Å²) in [6.45, 7) is 6.09. The van der Waals surface area contributed by atoms with Gasteiger partial charge in [0.1, 0.15) is 0 Å². The summed E-state index contributed by atoms with van der Waals surface area (Å²) in [7, 11) is -1.63. The van der Waals surface area contributed by atoms with E-state index in [4.69, 9.17) is 9.47 Å². The quantitative estimate of drug-likeness (QED) is 0.222. The number of amides is 2. The number of ether oxygens (including phenoxy) is 2. The number of aromatic nitrogens is 1. The molecule has 0 unspecified atom stereocenters. The van der Waals surface area contributed by atoms with Crippen LogP contribution >= 0.6 is 0 Å². The number of anilines is 1. The van der Waals surface area contributed by atoms with Gasteiger partial charge in [0.15, 0.2) is 19.7 Å². The minimum Gasteiger partial charge on any atom is -0.491 e. The summed E-state index contributed by atoms with van der Waals surface area (Å²) in [6.07, 6.45) is 0.798. The van der Waals surface area contributed by atoms with Crippen molar-refractivity contribution >= 4 is 25.8 Å². The van der Waals surface area contributed by atoms with E-state index in [0.717, 1.165) is 11.1 Å². The van der Waals surface area contributed by atoms with E-state index in [-0.39, 0.29) is 42.7 Å². The molecular weight excluding hydrogens is 639 g/mol. The molecule has 4 atom stereocenters. The number of pyridine rings is 1. The van der Waals surface area contributed by atoms with E-state index in [1.54, 1.807) is 34.2 Å². The number of hydrogen-bond donors (Lipinski definition) is 2. The van der Waals surface area contributed by atoms with Gasteiger partial charge in [-0.25, -0.2) is 0 Å². The molecule has 0 aliphatic carbocycles. The third kappa shape index (κ3) is 6.35. The maximum atomic E-state index is 14.9. The largest absolute Gasteiger partial charge is 0.491 e. The van der Waals surface area contributed by atoms with Crippen LogP contribution in [0, 0.1) is 5.92 Å². The van der Waals surface area contributed by atoms with Crippen molar-refractivity contribution in [3.8, 4) is 11.4 Å². The predicted octanol–water partition coefficient (Wildman–Crippen LogP) is 4.60. The summed E-state index contributed by atoms with van der Waals surface area (Å²) in [6, 6.07) is 28.0. The fourth-order valence-electron chi connectivity index (χ4n) is 7.69. The number of carbonyl (C=O) groups excluding carboxylic acids is 2. The molecule has 0 saturated carbocycles. The molecule has 6 rings (SSSR count). The van der Waals surface area contributed by atoms with Crippen molar-refractivity contribution in [2.24, 2.45) is 5.92 Å². The molecule has 3 heterocycles. The van der Waals surface area contributed by atoms with Crippen LogP contribution in [0.15, 0.2) is 102 Å². The molecule has 49 heavy (non-hydrogen) atoms. The topological polar surface area (TPSA) is 122 Å². The van der Waals surface area contributed by atoms with Crippen LogP contribution in [0.3, 0.4) is 0 Å². The zero-order chi connectivity index (χ0) is 34.9. The van der Waals surface area contributed by atoms with Crippen molar-refractivity contribution < 1.29 is 29.0 Å². The van der Waals surface area contributed by atoms with Crippen LogP contribution in [0.25, 0.3) is 5.69 Å². The van der Waals surface area contributed by atoms with Gasteiger partial charge in [-0.2, -0.15) is 0 Å². The zero-order valence-corrected chi connectivity index (χ0v) is 29.3. The molecule has 2 aliphatic rings. The Morgan fingerprint density at radius 1 is 0.980 bits per heavy atom. The first-order chi connectivity index (χ1) is 23.5. The van der Waals surface area contributed by atoms with E-state index in [1.807, 2.05) is 92.8 Å². The van der Waals surface area contributed by atoms with Gasteiger partial charge in [0.2, 0.25) is 5.91 Å². The van der Waals surface area contributed by atoms with Crippen molar-refractivity contribution in [1.29, 1.82) is 0 Å². The summed E-state index contributed by atoms with van der Waals surface area (Å²) in [5.41, 5.74) is 1.26. The van der Waals surface area contributed by atoms with Gasteiger partial charge in [-0.15, -0.1) is 0 Å². The molecule has 11 heteroatoms. The Morgan fingerprint density at radius 2 is 1.65 bits per heavy atom. The Morgan fingerprint density at radius 3 is 2.29 bits per heavy atom. The molecule has 4 aromatic rings. The van der Waals surface area contributed by atoms with Gasteiger partial charge >= 0.3 is 0 Å².